The van der Waals surface area contributed by atoms with Crippen LogP contribution < -0.4 is 0 Å². The molecule has 14 heavy (non-hydrogen) atoms. The van der Waals surface area contributed by atoms with E-state index in [1.165, 1.54) is 3.97 Å². The third-order valence-electron chi connectivity index (χ3n) is 1.98. The minimum absolute atomic E-state index is 0.165. The maximum absolute atomic E-state index is 12.4. The second-order valence-electron chi connectivity index (χ2n) is 2.93. The van der Waals surface area contributed by atoms with Crippen molar-refractivity contribution in [3.63, 3.8) is 0 Å². The topological polar surface area (TPSA) is 17.8 Å². The number of rotatable bonds is 2. The smallest absolute Gasteiger partial charge is 0.170 e. The minimum Gasteiger partial charge on any atom is -0.249 e. The van der Waals surface area contributed by atoms with Gasteiger partial charge in [0.05, 0.1) is 5.69 Å². The van der Waals surface area contributed by atoms with Gasteiger partial charge in [-0.15, -0.1) is 3.89 Å². The molecule has 0 saturated carbocycles. The molecule has 0 aliphatic carbocycles. The van der Waals surface area contributed by atoms with Crippen LogP contribution in [0.1, 0.15) is 5.82 Å². The lowest BCUT2D eigenvalue weighted by atomic mass is 10.2. The summed E-state index contributed by atoms with van der Waals surface area (Å²) in [6, 6.07) is 9.72. The highest BCUT2D eigenvalue weighted by molar-refractivity contribution is 7.92. The number of halogens is 1. The third-order valence-corrected chi connectivity index (χ3v) is 2.50. The number of hydrogen-bond donors (Lipinski definition) is 0. The molecule has 0 N–H and O–H groups in total. The first-order valence-electron chi connectivity index (χ1n) is 4.22. The molecule has 0 amide bonds. The van der Waals surface area contributed by atoms with Gasteiger partial charge in [-0.05, 0) is 6.92 Å². The van der Waals surface area contributed by atoms with Crippen LogP contribution in [0.5, 0.6) is 0 Å². The largest absolute Gasteiger partial charge is 0.249 e. The van der Waals surface area contributed by atoms with Crippen LogP contribution in [0.3, 0.4) is 0 Å². The summed E-state index contributed by atoms with van der Waals surface area (Å²) in [6.45, 7) is 1.78. The molecule has 2 nitrogen and oxygen atoms in total. The Morgan fingerprint density at radius 2 is 2.00 bits per heavy atom. The van der Waals surface area contributed by atoms with E-state index < -0.39 is 0 Å². The first-order valence-corrected chi connectivity index (χ1v) is 4.89. The van der Waals surface area contributed by atoms with Gasteiger partial charge >= 0.3 is 0 Å². The van der Waals surface area contributed by atoms with E-state index in [2.05, 4.69) is 4.98 Å². The normalized spacial score (nSPS) is 10.4. The average Bonchev–Trinajstić information content (AvgIpc) is 2.61. The van der Waals surface area contributed by atoms with Crippen LogP contribution in [0, 0.1) is 6.92 Å². The predicted molar refractivity (Wildman–Crippen MR) is 56.5 cm³/mol. The van der Waals surface area contributed by atoms with Gasteiger partial charge in [0.1, 0.15) is 5.82 Å². The Kier molecular flexibility index (Phi) is 2.54. The number of benzene rings is 1. The summed E-state index contributed by atoms with van der Waals surface area (Å²) >= 11 is 0.165. The Morgan fingerprint density at radius 1 is 1.29 bits per heavy atom. The van der Waals surface area contributed by atoms with Crippen molar-refractivity contribution in [1.29, 1.82) is 0 Å². The summed E-state index contributed by atoms with van der Waals surface area (Å²) in [5.74, 6) is 0.663. The van der Waals surface area contributed by atoms with E-state index in [1.54, 1.807) is 13.1 Å². The Bertz CT molecular complexity index is 425. The minimum atomic E-state index is 0.165. The lowest BCUT2D eigenvalue weighted by molar-refractivity contribution is 0.905. The molecule has 2 rings (SSSR count). The van der Waals surface area contributed by atoms with E-state index >= 15 is 0 Å². The number of imidazole rings is 1. The van der Waals surface area contributed by atoms with Gasteiger partial charge in [-0.2, -0.15) is 0 Å². The number of nitrogens with zero attached hydrogens (tertiary/aromatic N) is 2. The second-order valence-corrected chi connectivity index (χ2v) is 3.47. The number of hydrogen-bond acceptors (Lipinski definition) is 2. The summed E-state index contributed by atoms with van der Waals surface area (Å²) in [7, 11) is 0. The van der Waals surface area contributed by atoms with E-state index in [-0.39, 0.29) is 12.3 Å². The van der Waals surface area contributed by atoms with Crippen LogP contribution in [0.25, 0.3) is 11.3 Å². The fourth-order valence-electron chi connectivity index (χ4n) is 1.27. The van der Waals surface area contributed by atoms with Crippen LogP contribution in [0.4, 0.5) is 3.89 Å². The molecule has 0 aliphatic rings. The van der Waals surface area contributed by atoms with Crippen molar-refractivity contribution < 1.29 is 3.89 Å². The molecule has 0 unspecified atom stereocenters. The van der Waals surface area contributed by atoms with Gasteiger partial charge in [-0.1, -0.05) is 30.3 Å². The quantitative estimate of drug-likeness (QED) is 0.754. The summed E-state index contributed by atoms with van der Waals surface area (Å²) in [6.07, 6.45) is 1.69. The first kappa shape index (κ1) is 9.27. The molecular weight excluding hydrogens is 199 g/mol. The Balaban J connectivity index is 2.43. The molecule has 72 valence electrons. The SMILES string of the molecule is Cc1nc(-c2ccccc2)cn1SF. The third kappa shape index (κ3) is 1.65. The van der Waals surface area contributed by atoms with Gasteiger partial charge in [0.2, 0.25) is 0 Å². The van der Waals surface area contributed by atoms with Crippen LogP contribution in [0.15, 0.2) is 36.5 Å². The van der Waals surface area contributed by atoms with E-state index in [0.717, 1.165) is 11.3 Å². The average molecular weight is 208 g/mol. The molecule has 2 aromatic rings. The second kappa shape index (κ2) is 3.84. The number of aromatic nitrogens is 2. The molecule has 0 saturated heterocycles. The molecule has 1 heterocycles. The zero-order valence-corrected chi connectivity index (χ0v) is 8.46. The molecule has 0 radical (unpaired) electrons. The molecular formula is C10H9FN2S. The van der Waals surface area contributed by atoms with E-state index in [4.69, 9.17) is 0 Å². The van der Waals surface area contributed by atoms with Crippen molar-refractivity contribution in [3.8, 4) is 11.3 Å². The summed E-state index contributed by atoms with van der Waals surface area (Å²) in [5.41, 5.74) is 1.80. The van der Waals surface area contributed by atoms with E-state index in [1.807, 2.05) is 30.3 Å². The van der Waals surface area contributed by atoms with Gasteiger partial charge in [0.25, 0.3) is 0 Å². The van der Waals surface area contributed by atoms with Crippen LogP contribution in [-0.2, 0) is 0 Å². The van der Waals surface area contributed by atoms with Crippen molar-refractivity contribution in [3.05, 3.63) is 42.4 Å². The van der Waals surface area contributed by atoms with Gasteiger partial charge in [-0.3, -0.25) is 0 Å². The maximum atomic E-state index is 12.4. The van der Waals surface area contributed by atoms with E-state index in [9.17, 15) is 3.89 Å². The molecule has 0 aliphatic heterocycles. The van der Waals surface area contributed by atoms with Crippen LogP contribution >= 0.6 is 12.3 Å². The lowest BCUT2D eigenvalue weighted by Crippen LogP contribution is -1.82. The van der Waals surface area contributed by atoms with Gasteiger partial charge in [0, 0.05) is 11.8 Å². The predicted octanol–water partition coefficient (Wildman–Crippen LogP) is 3.24. The van der Waals surface area contributed by atoms with Gasteiger partial charge < -0.3 is 0 Å². The molecule has 0 fully saturated rings. The maximum Gasteiger partial charge on any atom is 0.170 e. The van der Waals surface area contributed by atoms with Crippen molar-refractivity contribution in [2.24, 2.45) is 0 Å². The zero-order chi connectivity index (χ0) is 9.97. The van der Waals surface area contributed by atoms with E-state index in [0.29, 0.717) is 5.82 Å². The molecule has 0 bridgehead atoms. The molecule has 1 aromatic heterocycles. The molecule has 4 heteroatoms. The highest BCUT2D eigenvalue weighted by Crippen LogP contribution is 2.21. The monoisotopic (exact) mass is 208 g/mol. The Hall–Kier alpha value is -1.29. The van der Waals surface area contributed by atoms with Crippen LogP contribution in [0.2, 0.25) is 0 Å². The van der Waals surface area contributed by atoms with Gasteiger partial charge in [-0.25, -0.2) is 8.96 Å². The highest BCUT2D eigenvalue weighted by atomic mass is 32.2. The molecule has 0 spiro atoms. The van der Waals surface area contributed by atoms with Gasteiger partial charge in [0.15, 0.2) is 12.3 Å². The van der Waals surface area contributed by atoms with Crippen molar-refractivity contribution in [2.45, 2.75) is 6.92 Å². The highest BCUT2D eigenvalue weighted by Gasteiger charge is 2.05. The standard InChI is InChI=1S/C10H9FN2S/c1-8-12-10(7-13(8)14-11)9-5-3-2-4-6-9/h2-7H,1H3. The molecule has 0 atom stereocenters. The van der Waals surface area contributed by atoms with Crippen molar-refractivity contribution in [1.82, 2.24) is 8.96 Å². The molecule has 1 aromatic carbocycles. The summed E-state index contributed by atoms with van der Waals surface area (Å²) in [4.78, 5) is 4.25. The summed E-state index contributed by atoms with van der Waals surface area (Å²) < 4.78 is 13.8. The number of aryl methyl sites for hydroxylation is 1. The lowest BCUT2D eigenvalue weighted by Gasteiger charge is -1.92. The summed E-state index contributed by atoms with van der Waals surface area (Å²) in [5, 5.41) is 0. The Labute approximate surface area is 86.2 Å². The Morgan fingerprint density at radius 3 is 2.57 bits per heavy atom. The fourth-order valence-corrected chi connectivity index (χ4v) is 1.56. The zero-order valence-electron chi connectivity index (χ0n) is 7.64. The van der Waals surface area contributed by atoms with Crippen LogP contribution in [-0.4, -0.2) is 8.96 Å². The van der Waals surface area contributed by atoms with Crippen molar-refractivity contribution in [2.75, 3.05) is 0 Å². The first-order chi connectivity index (χ1) is 6.81. The van der Waals surface area contributed by atoms with Crippen molar-refractivity contribution >= 4 is 12.3 Å². The fraction of sp³-hybridized carbons (Fsp3) is 0.100.